The highest BCUT2D eigenvalue weighted by Gasteiger charge is 2.22. The van der Waals surface area contributed by atoms with E-state index >= 15 is 0 Å². The molecule has 0 atom stereocenters. The summed E-state index contributed by atoms with van der Waals surface area (Å²) in [4.78, 5) is 10.7. The highest BCUT2D eigenvalue weighted by atomic mass is 32.2. The lowest BCUT2D eigenvalue weighted by atomic mass is 10.3. The summed E-state index contributed by atoms with van der Waals surface area (Å²) < 4.78 is 28.4. The van der Waals surface area contributed by atoms with Crippen molar-refractivity contribution in [1.29, 1.82) is 0 Å². The van der Waals surface area contributed by atoms with Crippen LogP contribution in [0.25, 0.3) is 5.69 Å². The van der Waals surface area contributed by atoms with E-state index < -0.39 is 10.0 Å². The Morgan fingerprint density at radius 3 is 2.55 bits per heavy atom. The second kappa shape index (κ2) is 5.26. The molecule has 8 nitrogen and oxygen atoms in total. The first-order chi connectivity index (χ1) is 10.5. The molecule has 0 amide bonds. The molecule has 1 aromatic carbocycles. The second-order valence-electron chi connectivity index (χ2n) is 4.67. The number of hydrogen-bond donors (Lipinski definition) is 2. The molecule has 9 heteroatoms. The highest BCUT2D eigenvalue weighted by molar-refractivity contribution is 7.92. The number of H-pyrrole nitrogens is 1. The minimum absolute atomic E-state index is 0.00348. The van der Waals surface area contributed by atoms with Crippen LogP contribution in [0.3, 0.4) is 0 Å². The molecule has 0 bridgehead atoms. The van der Waals surface area contributed by atoms with Crippen molar-refractivity contribution < 1.29 is 8.42 Å². The van der Waals surface area contributed by atoms with Crippen LogP contribution in [0.15, 0.2) is 41.7 Å². The zero-order valence-corrected chi connectivity index (χ0v) is 12.8. The van der Waals surface area contributed by atoms with Crippen molar-refractivity contribution in [3.8, 4) is 5.69 Å². The molecule has 2 aromatic heterocycles. The molecule has 22 heavy (non-hydrogen) atoms. The SMILES string of the molecule is Cc1[nH]cnc1S(=O)(=O)Nc1nc(C)n(-c2ccccc2)n1. The molecule has 2 N–H and O–H groups in total. The molecule has 0 aliphatic rings. The van der Waals surface area contributed by atoms with Crippen LogP contribution in [-0.4, -0.2) is 33.2 Å². The van der Waals surface area contributed by atoms with Crippen LogP contribution >= 0.6 is 0 Å². The number of imidazole rings is 1. The van der Waals surface area contributed by atoms with Crippen molar-refractivity contribution in [2.45, 2.75) is 18.9 Å². The number of aromatic nitrogens is 5. The van der Waals surface area contributed by atoms with E-state index in [1.165, 1.54) is 6.33 Å². The summed E-state index contributed by atoms with van der Waals surface area (Å²) in [5.74, 6) is 0.575. The Balaban J connectivity index is 1.93. The van der Waals surface area contributed by atoms with Crippen molar-refractivity contribution in [1.82, 2.24) is 24.7 Å². The van der Waals surface area contributed by atoms with Gasteiger partial charge in [0.1, 0.15) is 5.82 Å². The molecule has 0 radical (unpaired) electrons. The summed E-state index contributed by atoms with van der Waals surface area (Å²) in [7, 11) is -3.82. The first-order valence-corrected chi connectivity index (χ1v) is 7.97. The Labute approximate surface area is 127 Å². The fourth-order valence-electron chi connectivity index (χ4n) is 2.03. The Kier molecular flexibility index (Phi) is 3.41. The number of para-hydroxylation sites is 1. The molecule has 0 aliphatic heterocycles. The molecule has 2 heterocycles. The van der Waals surface area contributed by atoms with E-state index in [9.17, 15) is 8.42 Å². The lowest BCUT2D eigenvalue weighted by Gasteiger charge is -2.02. The van der Waals surface area contributed by atoms with E-state index in [0.29, 0.717) is 11.5 Å². The van der Waals surface area contributed by atoms with Gasteiger partial charge in [0, 0.05) is 0 Å². The molecule has 0 aliphatic carbocycles. The maximum absolute atomic E-state index is 12.3. The average Bonchev–Trinajstić information content (AvgIpc) is 3.06. The van der Waals surface area contributed by atoms with Crippen LogP contribution < -0.4 is 4.72 Å². The number of sulfonamides is 1. The predicted octanol–water partition coefficient (Wildman–Crippen LogP) is 1.41. The predicted molar refractivity (Wildman–Crippen MR) is 80.2 cm³/mol. The maximum atomic E-state index is 12.3. The number of benzene rings is 1. The van der Waals surface area contributed by atoms with E-state index in [4.69, 9.17) is 0 Å². The van der Waals surface area contributed by atoms with Gasteiger partial charge < -0.3 is 4.98 Å². The Bertz CT molecular complexity index is 898. The molecule has 0 fully saturated rings. The van der Waals surface area contributed by atoms with Gasteiger partial charge in [0.05, 0.1) is 17.7 Å². The van der Waals surface area contributed by atoms with Gasteiger partial charge in [-0.25, -0.2) is 14.4 Å². The number of hydrogen-bond acceptors (Lipinski definition) is 5. The maximum Gasteiger partial charge on any atom is 0.283 e. The third kappa shape index (κ3) is 2.58. The Morgan fingerprint density at radius 2 is 1.91 bits per heavy atom. The zero-order chi connectivity index (χ0) is 15.7. The number of rotatable bonds is 4. The van der Waals surface area contributed by atoms with Crippen molar-refractivity contribution in [3.05, 3.63) is 48.2 Å². The van der Waals surface area contributed by atoms with Crippen molar-refractivity contribution >= 4 is 16.0 Å². The second-order valence-corrected chi connectivity index (χ2v) is 6.27. The van der Waals surface area contributed by atoms with Crippen molar-refractivity contribution in [2.24, 2.45) is 0 Å². The fourth-order valence-corrected chi connectivity index (χ4v) is 3.11. The molecule has 0 saturated carbocycles. The minimum Gasteiger partial charge on any atom is -0.348 e. The highest BCUT2D eigenvalue weighted by Crippen LogP contribution is 2.16. The van der Waals surface area contributed by atoms with E-state index in [1.54, 1.807) is 18.5 Å². The van der Waals surface area contributed by atoms with Crippen LogP contribution in [0.4, 0.5) is 5.95 Å². The average molecular weight is 318 g/mol. The molecular weight excluding hydrogens is 304 g/mol. The Hall–Kier alpha value is -2.68. The van der Waals surface area contributed by atoms with Gasteiger partial charge in [-0.3, -0.25) is 0 Å². The first kappa shape index (κ1) is 14.3. The van der Waals surface area contributed by atoms with Crippen LogP contribution in [0.2, 0.25) is 0 Å². The summed E-state index contributed by atoms with van der Waals surface area (Å²) in [6.07, 6.45) is 1.32. The number of nitrogens with one attached hydrogen (secondary N) is 2. The summed E-state index contributed by atoms with van der Waals surface area (Å²) in [6.45, 7) is 3.38. The van der Waals surface area contributed by atoms with Gasteiger partial charge in [-0.2, -0.15) is 13.4 Å². The van der Waals surface area contributed by atoms with Gasteiger partial charge in [-0.15, -0.1) is 5.10 Å². The van der Waals surface area contributed by atoms with E-state index in [2.05, 4.69) is 24.8 Å². The standard InChI is InChI=1S/C13H14N6O2S/c1-9-12(15-8-14-9)22(20,21)18-13-16-10(2)19(17-13)11-6-4-3-5-7-11/h3-8H,1-2H3,(H,14,15)(H,17,18). The number of aryl methyl sites for hydroxylation is 2. The van der Waals surface area contributed by atoms with E-state index in [-0.39, 0.29) is 11.0 Å². The number of anilines is 1. The smallest absolute Gasteiger partial charge is 0.283 e. The molecule has 0 saturated heterocycles. The van der Waals surface area contributed by atoms with Gasteiger partial charge in [-0.1, -0.05) is 18.2 Å². The molecule has 114 valence electrons. The fraction of sp³-hybridized carbons (Fsp3) is 0.154. The largest absolute Gasteiger partial charge is 0.348 e. The normalized spacial score (nSPS) is 11.5. The van der Waals surface area contributed by atoms with Crippen LogP contribution in [0.1, 0.15) is 11.5 Å². The van der Waals surface area contributed by atoms with Gasteiger partial charge in [-0.05, 0) is 26.0 Å². The molecule has 3 rings (SSSR count). The van der Waals surface area contributed by atoms with E-state index in [0.717, 1.165) is 5.69 Å². The van der Waals surface area contributed by atoms with Gasteiger partial charge in [0.25, 0.3) is 16.0 Å². The third-order valence-corrected chi connectivity index (χ3v) is 4.41. The quantitative estimate of drug-likeness (QED) is 0.756. The first-order valence-electron chi connectivity index (χ1n) is 6.49. The van der Waals surface area contributed by atoms with Crippen molar-refractivity contribution in [3.63, 3.8) is 0 Å². The summed E-state index contributed by atoms with van der Waals surface area (Å²) in [6, 6.07) is 9.34. The monoisotopic (exact) mass is 318 g/mol. The summed E-state index contributed by atoms with van der Waals surface area (Å²) >= 11 is 0. The number of nitrogens with zero attached hydrogens (tertiary/aromatic N) is 4. The summed E-state index contributed by atoms with van der Waals surface area (Å²) in [5.41, 5.74) is 1.25. The van der Waals surface area contributed by atoms with Crippen LogP contribution in [-0.2, 0) is 10.0 Å². The van der Waals surface area contributed by atoms with Crippen LogP contribution in [0, 0.1) is 13.8 Å². The number of aromatic amines is 1. The van der Waals surface area contributed by atoms with Gasteiger partial charge in [0.15, 0.2) is 5.03 Å². The zero-order valence-electron chi connectivity index (χ0n) is 12.0. The molecule has 0 spiro atoms. The van der Waals surface area contributed by atoms with Gasteiger partial charge in [0.2, 0.25) is 0 Å². The van der Waals surface area contributed by atoms with Crippen molar-refractivity contribution in [2.75, 3.05) is 4.72 Å². The van der Waals surface area contributed by atoms with E-state index in [1.807, 2.05) is 30.3 Å². The van der Waals surface area contributed by atoms with Crippen LogP contribution in [0.5, 0.6) is 0 Å². The van der Waals surface area contributed by atoms with Gasteiger partial charge >= 0.3 is 0 Å². The lowest BCUT2D eigenvalue weighted by molar-refractivity contribution is 0.597. The molecular formula is C13H14N6O2S. The molecule has 3 aromatic rings. The summed E-state index contributed by atoms with van der Waals surface area (Å²) in [5, 5.41) is 4.11. The third-order valence-electron chi connectivity index (χ3n) is 3.03. The minimum atomic E-state index is -3.82. The molecule has 0 unspecified atom stereocenters. The lowest BCUT2D eigenvalue weighted by Crippen LogP contribution is -2.15. The topological polar surface area (TPSA) is 106 Å². The Morgan fingerprint density at radius 1 is 1.18 bits per heavy atom.